The number of rotatable bonds is 5. The van der Waals surface area contributed by atoms with Crippen molar-refractivity contribution in [2.45, 2.75) is 19.5 Å². The molecule has 1 aromatic carbocycles. The van der Waals surface area contributed by atoms with Crippen LogP contribution in [0.5, 0.6) is 5.75 Å². The largest absolute Gasteiger partial charge is 0.469 e. The van der Waals surface area contributed by atoms with Crippen LogP contribution < -0.4 is 4.74 Å². The number of methoxy groups -OCH3 is 1. The van der Waals surface area contributed by atoms with E-state index in [1.807, 2.05) is 0 Å². The first kappa shape index (κ1) is 19.8. The van der Waals surface area contributed by atoms with Crippen LogP contribution >= 0.6 is 0 Å². The lowest BCUT2D eigenvalue weighted by atomic mass is 10.0. The number of alkyl halides is 3. The molecule has 0 fully saturated rings. The van der Waals surface area contributed by atoms with Crippen LogP contribution in [0.1, 0.15) is 16.8 Å². The Hall–Kier alpha value is -2.49. The summed E-state index contributed by atoms with van der Waals surface area (Å²) in [6.07, 6.45) is -3.39. The third kappa shape index (κ3) is 3.55. The van der Waals surface area contributed by atoms with E-state index in [0.717, 1.165) is 29.7 Å². The average molecular weight is 391 g/mol. The highest BCUT2D eigenvalue weighted by Crippen LogP contribution is 2.41. The van der Waals surface area contributed by atoms with E-state index in [9.17, 15) is 26.4 Å². The van der Waals surface area contributed by atoms with Gasteiger partial charge in [-0.15, -0.1) is 0 Å². The molecule has 142 valence electrons. The smallest absolute Gasteiger partial charge is 0.420 e. The van der Waals surface area contributed by atoms with Crippen molar-refractivity contribution in [3.05, 3.63) is 41.8 Å². The van der Waals surface area contributed by atoms with Crippen molar-refractivity contribution in [2.24, 2.45) is 0 Å². The molecule has 1 heterocycles. The zero-order valence-electron chi connectivity index (χ0n) is 14.2. The predicted molar refractivity (Wildman–Crippen MR) is 88.5 cm³/mol. The van der Waals surface area contributed by atoms with Crippen LogP contribution in [0.25, 0.3) is 10.9 Å². The predicted octanol–water partition coefficient (Wildman–Crippen LogP) is 3.01. The molecule has 0 atom stereocenters. The van der Waals surface area contributed by atoms with Crippen LogP contribution in [0.15, 0.2) is 25.0 Å². The Morgan fingerprint density at radius 1 is 1.35 bits per heavy atom. The number of benzene rings is 1. The van der Waals surface area contributed by atoms with E-state index in [2.05, 4.69) is 11.3 Å². The van der Waals surface area contributed by atoms with Gasteiger partial charge in [0.1, 0.15) is 11.3 Å². The first-order valence-corrected chi connectivity index (χ1v) is 9.06. The topological polar surface area (TPSA) is 74.6 Å². The van der Waals surface area contributed by atoms with Crippen molar-refractivity contribution in [1.29, 1.82) is 0 Å². The Balaban J connectivity index is 2.97. The molecule has 0 spiro atoms. The Bertz CT molecular complexity index is 990. The summed E-state index contributed by atoms with van der Waals surface area (Å²) in [5.74, 6) is -1.21. The highest BCUT2D eigenvalue weighted by Gasteiger charge is 2.36. The van der Waals surface area contributed by atoms with Crippen molar-refractivity contribution < 1.29 is 35.9 Å². The van der Waals surface area contributed by atoms with E-state index in [0.29, 0.717) is 6.07 Å². The van der Waals surface area contributed by atoms with Gasteiger partial charge in [0.25, 0.3) is 0 Å². The molecule has 0 aliphatic carbocycles. The number of fused-ring (bicyclic) bond motifs is 1. The normalized spacial score (nSPS) is 12.2. The van der Waals surface area contributed by atoms with E-state index in [1.54, 1.807) is 0 Å². The van der Waals surface area contributed by atoms with Crippen LogP contribution in [0.4, 0.5) is 13.2 Å². The molecule has 0 aliphatic heterocycles. The van der Waals surface area contributed by atoms with Gasteiger partial charge in [0.05, 0.1) is 31.6 Å². The highest BCUT2D eigenvalue weighted by atomic mass is 32.2. The summed E-state index contributed by atoms with van der Waals surface area (Å²) in [4.78, 5) is 11.7. The van der Waals surface area contributed by atoms with Crippen molar-refractivity contribution in [3.63, 3.8) is 0 Å². The maximum atomic E-state index is 13.4. The highest BCUT2D eigenvalue weighted by molar-refractivity contribution is 7.89. The van der Waals surface area contributed by atoms with Gasteiger partial charge in [-0.1, -0.05) is 6.58 Å². The third-order valence-corrected chi connectivity index (χ3v) is 4.91. The number of hydrogen-bond acceptors (Lipinski definition) is 5. The zero-order chi connectivity index (χ0) is 19.9. The fourth-order valence-electron chi connectivity index (χ4n) is 2.75. The fraction of sp³-hybridized carbons (Fsp3) is 0.312. The molecule has 0 saturated heterocycles. The maximum Gasteiger partial charge on any atom is 0.420 e. The molecule has 0 aliphatic rings. The van der Waals surface area contributed by atoms with Gasteiger partial charge < -0.3 is 9.47 Å². The van der Waals surface area contributed by atoms with Crippen LogP contribution in [0.2, 0.25) is 0 Å². The lowest BCUT2D eigenvalue weighted by Gasteiger charge is -2.13. The number of ether oxygens (including phenoxy) is 2. The monoisotopic (exact) mass is 391 g/mol. The van der Waals surface area contributed by atoms with Crippen LogP contribution in [-0.2, 0) is 32.2 Å². The Kier molecular flexibility index (Phi) is 5.09. The number of nitrogens with zero attached hydrogens (tertiary/aromatic N) is 1. The molecule has 6 nitrogen and oxygen atoms in total. The van der Waals surface area contributed by atoms with Crippen LogP contribution in [0.3, 0.4) is 0 Å². The summed E-state index contributed by atoms with van der Waals surface area (Å²) in [5.41, 5.74) is -0.999. The minimum absolute atomic E-state index is 0.122. The minimum atomic E-state index is -4.78. The second-order valence-corrected chi connectivity index (χ2v) is 7.32. The summed E-state index contributed by atoms with van der Waals surface area (Å²) in [6.45, 7) is 4.64. The third-order valence-electron chi connectivity index (χ3n) is 3.78. The van der Waals surface area contributed by atoms with E-state index in [1.165, 1.54) is 6.92 Å². The molecule has 0 saturated carbocycles. The minimum Gasteiger partial charge on any atom is -0.469 e. The molecule has 1 aromatic heterocycles. The van der Waals surface area contributed by atoms with Crippen LogP contribution in [-0.4, -0.2) is 31.7 Å². The van der Waals surface area contributed by atoms with Gasteiger partial charge in [-0.05, 0) is 24.6 Å². The Morgan fingerprint density at radius 2 is 1.96 bits per heavy atom. The number of aromatic nitrogens is 1. The first-order chi connectivity index (χ1) is 11.9. The van der Waals surface area contributed by atoms with Gasteiger partial charge in [0.2, 0.25) is 10.0 Å². The number of halogens is 3. The molecule has 26 heavy (non-hydrogen) atoms. The summed E-state index contributed by atoms with van der Waals surface area (Å²) in [6, 6.07) is 1.73. The van der Waals surface area contributed by atoms with E-state index >= 15 is 0 Å². The van der Waals surface area contributed by atoms with Crippen molar-refractivity contribution in [1.82, 2.24) is 3.97 Å². The van der Waals surface area contributed by atoms with Gasteiger partial charge in [-0.2, -0.15) is 13.2 Å². The van der Waals surface area contributed by atoms with Gasteiger partial charge in [-0.25, -0.2) is 12.4 Å². The van der Waals surface area contributed by atoms with Gasteiger partial charge in [-0.3, -0.25) is 4.79 Å². The van der Waals surface area contributed by atoms with Gasteiger partial charge in [0, 0.05) is 11.1 Å². The number of carbonyl (C=O) groups excluding carboxylic acids is 1. The van der Waals surface area contributed by atoms with E-state index in [4.69, 9.17) is 4.74 Å². The standard InChI is InChI=1S/C16H16F3NO5S/c1-5-25-14-6-11-10(7-15(21)24-3)9(2)20(26(4,22)23)13(11)8-12(14)16(17,18)19/h5-6,8H,1,7H2,2-4H3. The molecule has 0 bridgehead atoms. The van der Waals surface area contributed by atoms with Crippen molar-refractivity contribution in [3.8, 4) is 5.75 Å². The summed E-state index contributed by atoms with van der Waals surface area (Å²) in [5, 5.41) is 0.142. The lowest BCUT2D eigenvalue weighted by Crippen LogP contribution is -2.13. The Morgan fingerprint density at radius 3 is 2.42 bits per heavy atom. The lowest BCUT2D eigenvalue weighted by molar-refractivity contribution is -0.140. The SMILES string of the molecule is C=COc1cc2c(CC(=O)OC)c(C)n(S(C)(=O)=O)c2cc1C(F)(F)F. The maximum absolute atomic E-state index is 13.4. The molecular formula is C16H16F3NO5S. The second-order valence-electron chi connectivity index (χ2n) is 5.49. The number of carbonyl (C=O) groups is 1. The van der Waals surface area contributed by atoms with Crippen molar-refractivity contribution >= 4 is 26.9 Å². The summed E-state index contributed by atoms with van der Waals surface area (Å²) in [7, 11) is -2.78. The van der Waals surface area contributed by atoms with Crippen molar-refractivity contribution in [2.75, 3.05) is 13.4 Å². The molecule has 0 amide bonds. The molecule has 2 rings (SSSR count). The number of esters is 1. The zero-order valence-corrected chi connectivity index (χ0v) is 15.0. The fourth-order valence-corrected chi connectivity index (χ4v) is 3.87. The van der Waals surface area contributed by atoms with E-state index in [-0.39, 0.29) is 28.6 Å². The van der Waals surface area contributed by atoms with E-state index < -0.39 is 33.5 Å². The van der Waals surface area contributed by atoms with Crippen LogP contribution in [0, 0.1) is 6.92 Å². The molecule has 0 radical (unpaired) electrons. The quantitative estimate of drug-likeness (QED) is 0.579. The summed E-state index contributed by atoms with van der Waals surface area (Å²) >= 11 is 0. The molecule has 0 unspecified atom stereocenters. The Labute approximate surface area is 147 Å². The second kappa shape index (κ2) is 6.67. The van der Waals surface area contributed by atoms with Gasteiger partial charge >= 0.3 is 12.1 Å². The van der Waals surface area contributed by atoms with Gasteiger partial charge in [0.15, 0.2) is 0 Å². The molecular weight excluding hydrogens is 375 g/mol. The average Bonchev–Trinajstić information content (AvgIpc) is 2.77. The first-order valence-electron chi connectivity index (χ1n) is 7.21. The molecule has 2 aromatic rings. The molecule has 0 N–H and O–H groups in total. The summed E-state index contributed by atoms with van der Waals surface area (Å²) < 4.78 is 74.5. The number of hydrogen-bond donors (Lipinski definition) is 0. The molecule has 10 heteroatoms.